The summed E-state index contributed by atoms with van der Waals surface area (Å²) < 4.78 is 39.5. The molecule has 1 aliphatic carbocycles. The Labute approximate surface area is 224 Å². The van der Waals surface area contributed by atoms with Crippen molar-refractivity contribution < 1.29 is 32.9 Å². The van der Waals surface area contributed by atoms with Gasteiger partial charge in [-0.3, -0.25) is 0 Å². The second kappa shape index (κ2) is 12.5. The Kier molecular flexibility index (Phi) is 9.30. The van der Waals surface area contributed by atoms with E-state index in [1.54, 1.807) is 0 Å². The maximum atomic E-state index is 13.5. The molecule has 3 N–H and O–H groups in total. The van der Waals surface area contributed by atoms with Gasteiger partial charge in [0.25, 0.3) is 0 Å². The first-order valence-electron chi connectivity index (χ1n) is 13.2. The number of phenolic OH excluding ortho intramolecular Hbond substituents is 1. The third kappa shape index (κ3) is 7.25. The summed E-state index contributed by atoms with van der Waals surface area (Å²) in [6, 6.07) is 14.0. The molecule has 0 radical (unpaired) electrons. The van der Waals surface area contributed by atoms with Crippen LogP contribution in [0.3, 0.4) is 0 Å². The molecule has 3 unspecified atom stereocenters. The smallest absolute Gasteiger partial charge is 0.407 e. The Morgan fingerprint density at radius 2 is 1.89 bits per heavy atom. The zero-order valence-corrected chi connectivity index (χ0v) is 22.7. The van der Waals surface area contributed by atoms with Crippen molar-refractivity contribution in [3.8, 4) is 5.75 Å². The van der Waals surface area contributed by atoms with E-state index in [4.69, 9.17) is 9.47 Å². The minimum Gasteiger partial charge on any atom is -0.508 e. The Hall–Kier alpha value is -2.66. The molecular weight excluding hydrogens is 508 g/mol. The number of aromatic hydroxyl groups is 1. The number of phenols is 1. The summed E-state index contributed by atoms with van der Waals surface area (Å²) in [7, 11) is -4.02. The lowest BCUT2D eigenvalue weighted by atomic mass is 10.0. The second-order valence-electron chi connectivity index (χ2n) is 10.7. The molecule has 4 rings (SSSR count). The molecule has 2 aromatic rings. The topological polar surface area (TPSA) is 125 Å². The highest BCUT2D eigenvalue weighted by Crippen LogP contribution is 2.37. The number of amides is 1. The molecule has 0 aromatic heterocycles. The van der Waals surface area contributed by atoms with Gasteiger partial charge in [0.15, 0.2) is 0 Å². The highest BCUT2D eigenvalue weighted by molar-refractivity contribution is 7.89. The number of carbonyl (C=O) groups excluding carboxylic acids is 1. The van der Waals surface area contributed by atoms with Gasteiger partial charge in [-0.05, 0) is 54.9 Å². The lowest BCUT2D eigenvalue weighted by molar-refractivity contribution is 0.0554. The quantitative estimate of drug-likeness (QED) is 0.395. The fourth-order valence-electron chi connectivity index (χ4n) is 5.31. The molecule has 9 nitrogen and oxygen atoms in total. The molecule has 5 atom stereocenters. The van der Waals surface area contributed by atoms with Crippen LogP contribution in [0.4, 0.5) is 4.79 Å². The molecule has 2 fully saturated rings. The van der Waals surface area contributed by atoms with Gasteiger partial charge in [-0.1, -0.05) is 50.2 Å². The zero-order valence-electron chi connectivity index (χ0n) is 21.9. The van der Waals surface area contributed by atoms with Gasteiger partial charge in [0.1, 0.15) is 11.9 Å². The molecule has 2 aliphatic rings. The van der Waals surface area contributed by atoms with Crippen molar-refractivity contribution in [2.45, 2.75) is 68.8 Å². The number of rotatable bonds is 11. The molecule has 1 saturated heterocycles. The minimum absolute atomic E-state index is 0.0242. The van der Waals surface area contributed by atoms with Crippen molar-refractivity contribution in [1.29, 1.82) is 0 Å². The van der Waals surface area contributed by atoms with Crippen LogP contribution < -0.4 is 5.32 Å². The van der Waals surface area contributed by atoms with Crippen LogP contribution >= 0.6 is 0 Å². The monoisotopic (exact) mass is 546 g/mol. The fourth-order valence-corrected chi connectivity index (χ4v) is 6.97. The van der Waals surface area contributed by atoms with Gasteiger partial charge in [0, 0.05) is 26.1 Å². The SMILES string of the molecule is CC(C)CN(C[C@@H](O)[C@H](Cc1ccccc1)NC(=O)OC1CC2CCOC2C1)S(=O)(=O)c1cccc(O)c1. The van der Waals surface area contributed by atoms with Gasteiger partial charge >= 0.3 is 6.09 Å². The number of benzene rings is 2. The van der Waals surface area contributed by atoms with E-state index in [0.29, 0.717) is 12.3 Å². The Morgan fingerprint density at radius 1 is 1.13 bits per heavy atom. The van der Waals surface area contributed by atoms with Gasteiger partial charge in [-0.25, -0.2) is 13.2 Å². The summed E-state index contributed by atoms with van der Waals surface area (Å²) in [6.45, 7) is 4.43. The van der Waals surface area contributed by atoms with Crippen LogP contribution in [0.25, 0.3) is 0 Å². The largest absolute Gasteiger partial charge is 0.508 e. The molecule has 0 spiro atoms. The summed E-state index contributed by atoms with van der Waals surface area (Å²) in [5.41, 5.74) is 0.881. The number of ether oxygens (including phenoxy) is 2. The predicted octanol–water partition coefficient (Wildman–Crippen LogP) is 3.30. The lowest BCUT2D eigenvalue weighted by Gasteiger charge is -2.31. The van der Waals surface area contributed by atoms with E-state index in [2.05, 4.69) is 5.32 Å². The molecular formula is C28H38N2O7S. The van der Waals surface area contributed by atoms with Crippen molar-refractivity contribution in [2.75, 3.05) is 19.7 Å². The molecule has 1 saturated carbocycles. The van der Waals surface area contributed by atoms with Crippen molar-refractivity contribution in [2.24, 2.45) is 11.8 Å². The van der Waals surface area contributed by atoms with Crippen LogP contribution in [0.5, 0.6) is 5.75 Å². The van der Waals surface area contributed by atoms with E-state index in [0.717, 1.165) is 25.0 Å². The van der Waals surface area contributed by atoms with E-state index in [-0.39, 0.29) is 48.3 Å². The summed E-state index contributed by atoms with van der Waals surface area (Å²) in [4.78, 5) is 12.8. The summed E-state index contributed by atoms with van der Waals surface area (Å²) in [6.07, 6.45) is 0.705. The number of sulfonamides is 1. The summed E-state index contributed by atoms with van der Waals surface area (Å²) >= 11 is 0. The van der Waals surface area contributed by atoms with Crippen LogP contribution in [0, 0.1) is 11.8 Å². The van der Waals surface area contributed by atoms with Gasteiger partial charge < -0.3 is 25.0 Å². The van der Waals surface area contributed by atoms with E-state index < -0.39 is 28.3 Å². The normalized spacial score (nSPS) is 22.8. The van der Waals surface area contributed by atoms with Crippen LogP contribution in [-0.4, -0.2) is 73.1 Å². The molecule has 208 valence electrons. The maximum Gasteiger partial charge on any atom is 0.407 e. The van der Waals surface area contributed by atoms with Crippen molar-refractivity contribution in [3.63, 3.8) is 0 Å². The van der Waals surface area contributed by atoms with Crippen molar-refractivity contribution in [1.82, 2.24) is 9.62 Å². The van der Waals surface area contributed by atoms with Gasteiger partial charge in [-0.15, -0.1) is 0 Å². The third-order valence-electron chi connectivity index (χ3n) is 7.16. The Bertz CT molecular complexity index is 1160. The molecule has 1 aliphatic heterocycles. The fraction of sp³-hybridized carbons (Fsp3) is 0.536. The molecule has 38 heavy (non-hydrogen) atoms. The Balaban J connectivity index is 1.49. The first-order chi connectivity index (χ1) is 18.1. The summed E-state index contributed by atoms with van der Waals surface area (Å²) in [5, 5.41) is 24.0. The second-order valence-corrected chi connectivity index (χ2v) is 12.6. The van der Waals surface area contributed by atoms with E-state index in [1.165, 1.54) is 28.6 Å². The van der Waals surface area contributed by atoms with Crippen LogP contribution in [0.2, 0.25) is 0 Å². The number of hydrogen-bond donors (Lipinski definition) is 3. The molecule has 2 aromatic carbocycles. The molecule has 10 heteroatoms. The number of aliphatic hydroxyl groups is 1. The van der Waals surface area contributed by atoms with Crippen LogP contribution in [0.15, 0.2) is 59.5 Å². The zero-order chi connectivity index (χ0) is 27.3. The van der Waals surface area contributed by atoms with E-state index >= 15 is 0 Å². The third-order valence-corrected chi connectivity index (χ3v) is 8.99. The molecule has 0 bridgehead atoms. The predicted molar refractivity (Wildman–Crippen MR) is 142 cm³/mol. The average Bonchev–Trinajstić information content (AvgIpc) is 3.45. The molecule has 1 heterocycles. The van der Waals surface area contributed by atoms with Crippen molar-refractivity contribution >= 4 is 16.1 Å². The van der Waals surface area contributed by atoms with E-state index in [9.17, 15) is 23.4 Å². The number of nitrogens with one attached hydrogen (secondary N) is 1. The number of alkyl carbamates (subject to hydrolysis) is 1. The highest BCUT2D eigenvalue weighted by atomic mass is 32.2. The van der Waals surface area contributed by atoms with Crippen LogP contribution in [-0.2, 0) is 25.9 Å². The Morgan fingerprint density at radius 3 is 2.58 bits per heavy atom. The highest BCUT2D eigenvalue weighted by Gasteiger charge is 2.40. The van der Waals surface area contributed by atoms with Crippen molar-refractivity contribution in [3.05, 3.63) is 60.2 Å². The standard InChI is InChI=1S/C28H38N2O7S/c1-19(2)17-30(38(34,35)24-10-6-9-22(31)15-24)18-26(32)25(13-20-7-4-3-5-8-20)29-28(33)37-23-14-21-11-12-36-27(21)16-23/h3-10,15,19,21,23,25-27,31-32H,11-14,16-18H2,1-2H3,(H,29,33)/t21?,23?,25-,26+,27?/m0/s1. The number of hydrogen-bond acceptors (Lipinski definition) is 7. The minimum atomic E-state index is -4.02. The maximum absolute atomic E-state index is 13.5. The first-order valence-corrected chi connectivity index (χ1v) is 14.7. The van der Waals surface area contributed by atoms with Gasteiger partial charge in [-0.2, -0.15) is 4.31 Å². The van der Waals surface area contributed by atoms with Gasteiger partial charge in [0.2, 0.25) is 10.0 Å². The van der Waals surface area contributed by atoms with Crippen LogP contribution in [0.1, 0.15) is 38.7 Å². The number of aliphatic hydroxyl groups excluding tert-OH is 1. The van der Waals surface area contributed by atoms with E-state index in [1.807, 2.05) is 44.2 Å². The summed E-state index contributed by atoms with van der Waals surface area (Å²) in [5.74, 6) is 0.221. The first kappa shape index (κ1) is 28.4. The molecule has 1 amide bonds. The number of fused-ring (bicyclic) bond motifs is 1. The number of nitrogens with zero attached hydrogens (tertiary/aromatic N) is 1. The average molecular weight is 547 g/mol. The van der Waals surface area contributed by atoms with Gasteiger partial charge in [0.05, 0.1) is 23.1 Å². The lowest BCUT2D eigenvalue weighted by Crippen LogP contribution is -2.51. The number of carbonyl (C=O) groups is 1.